The third-order valence-electron chi connectivity index (χ3n) is 4.20. The van der Waals surface area contributed by atoms with Crippen molar-refractivity contribution in [2.75, 3.05) is 14.1 Å². The number of carbonyl (C=O) groups is 1. The normalized spacial score (nSPS) is 11.8. The number of nitrogens with zero attached hydrogens (tertiary/aromatic N) is 2. The van der Waals surface area contributed by atoms with Crippen LogP contribution in [0.4, 0.5) is 0 Å². The zero-order valence-corrected chi connectivity index (χ0v) is 16.9. The summed E-state index contributed by atoms with van der Waals surface area (Å²) in [5, 5.41) is 0.310. The van der Waals surface area contributed by atoms with Crippen molar-refractivity contribution in [3.05, 3.63) is 58.3 Å². The van der Waals surface area contributed by atoms with Gasteiger partial charge in [-0.2, -0.15) is 0 Å². The largest absolute Gasteiger partial charge is 0.457 e. The van der Waals surface area contributed by atoms with E-state index in [1.807, 2.05) is 0 Å². The van der Waals surface area contributed by atoms with E-state index in [0.29, 0.717) is 29.6 Å². The third-order valence-corrected chi connectivity index (χ3v) is 5.89. The number of aryl methyl sites for hydroxylation is 1. The van der Waals surface area contributed by atoms with Crippen molar-refractivity contribution >= 4 is 26.9 Å². The third kappa shape index (κ3) is 4.90. The van der Waals surface area contributed by atoms with Gasteiger partial charge in [0.25, 0.3) is 15.6 Å². The highest BCUT2D eigenvalue weighted by molar-refractivity contribution is 7.88. The SMILES string of the molecule is CN(C)S(=O)(=O)c1ccc(COC(=O)CCCc2nc3ccccc3c(=O)[nH]2)o1. The van der Waals surface area contributed by atoms with Gasteiger partial charge in [0.15, 0.2) is 0 Å². The van der Waals surface area contributed by atoms with Crippen LogP contribution in [0.1, 0.15) is 24.4 Å². The van der Waals surface area contributed by atoms with E-state index in [0.717, 1.165) is 4.31 Å². The van der Waals surface area contributed by atoms with Gasteiger partial charge in [0, 0.05) is 26.9 Å². The molecule has 0 spiro atoms. The van der Waals surface area contributed by atoms with Crippen LogP contribution in [-0.4, -0.2) is 42.8 Å². The number of fused-ring (bicyclic) bond motifs is 1. The number of para-hydroxylation sites is 1. The molecule has 29 heavy (non-hydrogen) atoms. The fourth-order valence-electron chi connectivity index (χ4n) is 2.63. The molecule has 0 aliphatic heterocycles. The summed E-state index contributed by atoms with van der Waals surface area (Å²) in [4.78, 5) is 31.0. The lowest BCUT2D eigenvalue weighted by Crippen LogP contribution is -2.21. The lowest BCUT2D eigenvalue weighted by Gasteiger charge is -2.08. The standard InChI is InChI=1S/C19H21N3O6S/c1-22(2)29(25,26)18-11-10-13(28-18)12-27-17(23)9-5-8-16-20-15-7-4-3-6-14(15)19(24)21-16/h3-4,6-7,10-11H,5,8-9,12H2,1-2H3,(H,20,21,24). The van der Waals surface area contributed by atoms with Crippen molar-refractivity contribution in [1.82, 2.24) is 14.3 Å². The lowest BCUT2D eigenvalue weighted by molar-refractivity contribution is -0.145. The van der Waals surface area contributed by atoms with Crippen molar-refractivity contribution < 1.29 is 22.4 Å². The highest BCUT2D eigenvalue weighted by Crippen LogP contribution is 2.17. The summed E-state index contributed by atoms with van der Waals surface area (Å²) < 4.78 is 35.3. The molecule has 3 aromatic rings. The Kier molecular flexibility index (Phi) is 6.14. The predicted molar refractivity (Wildman–Crippen MR) is 105 cm³/mol. The van der Waals surface area contributed by atoms with E-state index in [1.165, 1.54) is 26.2 Å². The van der Waals surface area contributed by atoms with E-state index in [-0.39, 0.29) is 29.4 Å². The maximum absolute atomic E-state index is 12.0. The summed E-state index contributed by atoms with van der Waals surface area (Å²) in [5.74, 6) is 0.284. The Hall–Kier alpha value is -2.98. The van der Waals surface area contributed by atoms with E-state index >= 15 is 0 Å². The Labute approximate surface area is 167 Å². The number of rotatable bonds is 8. The van der Waals surface area contributed by atoms with Crippen LogP contribution in [0.25, 0.3) is 10.9 Å². The Bertz CT molecular complexity index is 1180. The lowest BCUT2D eigenvalue weighted by atomic mass is 10.2. The quantitative estimate of drug-likeness (QED) is 0.553. The highest BCUT2D eigenvalue weighted by Gasteiger charge is 2.21. The van der Waals surface area contributed by atoms with E-state index in [1.54, 1.807) is 24.3 Å². The first kappa shape index (κ1) is 20.7. The molecule has 10 heteroatoms. The van der Waals surface area contributed by atoms with Crippen molar-refractivity contribution in [2.24, 2.45) is 0 Å². The topological polar surface area (TPSA) is 123 Å². The van der Waals surface area contributed by atoms with Crippen molar-refractivity contribution in [3.8, 4) is 0 Å². The number of sulfonamides is 1. The molecule has 0 aliphatic rings. The average Bonchev–Trinajstić information content (AvgIpc) is 3.16. The minimum Gasteiger partial charge on any atom is -0.457 e. The van der Waals surface area contributed by atoms with E-state index in [2.05, 4.69) is 9.97 Å². The Balaban J connectivity index is 1.50. The number of H-pyrrole nitrogens is 1. The van der Waals surface area contributed by atoms with Crippen molar-refractivity contribution in [1.29, 1.82) is 0 Å². The number of aromatic amines is 1. The Morgan fingerprint density at radius 1 is 1.21 bits per heavy atom. The van der Waals surface area contributed by atoms with Crippen LogP contribution in [0, 0.1) is 0 Å². The van der Waals surface area contributed by atoms with Gasteiger partial charge in [-0.1, -0.05) is 12.1 Å². The molecule has 3 rings (SSSR count). The molecule has 2 aromatic heterocycles. The fraction of sp³-hybridized carbons (Fsp3) is 0.316. The fourth-order valence-corrected chi connectivity index (χ4v) is 3.44. The Morgan fingerprint density at radius 3 is 2.72 bits per heavy atom. The van der Waals surface area contributed by atoms with Gasteiger partial charge in [-0.05, 0) is 30.7 Å². The second-order valence-corrected chi connectivity index (χ2v) is 8.63. The van der Waals surface area contributed by atoms with Crippen LogP contribution in [0.2, 0.25) is 0 Å². The van der Waals surface area contributed by atoms with E-state index in [9.17, 15) is 18.0 Å². The monoisotopic (exact) mass is 419 g/mol. The number of ether oxygens (including phenoxy) is 1. The number of furan rings is 1. The number of esters is 1. The smallest absolute Gasteiger partial charge is 0.306 e. The predicted octanol–water partition coefficient (Wildman–Crippen LogP) is 1.83. The van der Waals surface area contributed by atoms with Gasteiger partial charge in [-0.25, -0.2) is 17.7 Å². The second kappa shape index (κ2) is 8.58. The molecule has 2 heterocycles. The number of hydrogen-bond donors (Lipinski definition) is 1. The van der Waals surface area contributed by atoms with Gasteiger partial charge in [0.1, 0.15) is 18.2 Å². The molecule has 1 N–H and O–H groups in total. The molecule has 0 radical (unpaired) electrons. The van der Waals surface area contributed by atoms with Crippen LogP contribution in [0.3, 0.4) is 0 Å². The van der Waals surface area contributed by atoms with Gasteiger partial charge in [0.2, 0.25) is 5.09 Å². The molecule has 0 saturated heterocycles. The van der Waals surface area contributed by atoms with Crippen molar-refractivity contribution in [2.45, 2.75) is 31.0 Å². The zero-order valence-electron chi connectivity index (χ0n) is 16.0. The zero-order chi connectivity index (χ0) is 21.0. The molecule has 0 aliphatic carbocycles. The molecule has 0 amide bonds. The summed E-state index contributed by atoms with van der Waals surface area (Å²) in [6.45, 7) is -0.160. The number of nitrogens with one attached hydrogen (secondary N) is 1. The first-order chi connectivity index (χ1) is 13.8. The molecule has 0 atom stereocenters. The number of aromatic nitrogens is 2. The molecule has 9 nitrogen and oxygen atoms in total. The molecule has 0 unspecified atom stereocenters. The highest BCUT2D eigenvalue weighted by atomic mass is 32.2. The summed E-state index contributed by atoms with van der Waals surface area (Å²) in [6.07, 6.45) is 0.986. The number of benzene rings is 1. The summed E-state index contributed by atoms with van der Waals surface area (Å²) in [5.41, 5.74) is 0.393. The first-order valence-electron chi connectivity index (χ1n) is 8.92. The van der Waals surface area contributed by atoms with Gasteiger partial charge >= 0.3 is 5.97 Å². The van der Waals surface area contributed by atoms with Crippen LogP contribution >= 0.6 is 0 Å². The molecule has 154 valence electrons. The molecular weight excluding hydrogens is 398 g/mol. The van der Waals surface area contributed by atoms with Crippen LogP contribution in [0.5, 0.6) is 0 Å². The van der Waals surface area contributed by atoms with Gasteiger partial charge in [0.05, 0.1) is 10.9 Å². The maximum Gasteiger partial charge on any atom is 0.306 e. The molecule has 0 bridgehead atoms. The van der Waals surface area contributed by atoms with Gasteiger partial charge < -0.3 is 14.1 Å². The van der Waals surface area contributed by atoms with Gasteiger partial charge in [-0.3, -0.25) is 9.59 Å². The summed E-state index contributed by atoms with van der Waals surface area (Å²) >= 11 is 0. The summed E-state index contributed by atoms with van der Waals surface area (Å²) in [6, 6.07) is 9.81. The summed E-state index contributed by atoms with van der Waals surface area (Å²) in [7, 11) is -0.872. The van der Waals surface area contributed by atoms with Gasteiger partial charge in [-0.15, -0.1) is 0 Å². The van der Waals surface area contributed by atoms with Crippen LogP contribution in [-0.2, 0) is 32.6 Å². The molecular formula is C19H21N3O6S. The minimum atomic E-state index is -3.67. The number of hydrogen-bond acceptors (Lipinski definition) is 7. The minimum absolute atomic E-state index is 0.125. The molecule has 1 aromatic carbocycles. The van der Waals surface area contributed by atoms with Crippen LogP contribution < -0.4 is 5.56 Å². The number of carbonyl (C=O) groups excluding carboxylic acids is 1. The molecule has 0 fully saturated rings. The second-order valence-electron chi connectivity index (χ2n) is 6.55. The first-order valence-corrected chi connectivity index (χ1v) is 10.4. The Morgan fingerprint density at radius 2 is 1.97 bits per heavy atom. The average molecular weight is 419 g/mol. The van der Waals surface area contributed by atoms with Crippen LogP contribution in [0.15, 0.2) is 50.7 Å². The maximum atomic E-state index is 12.0. The van der Waals surface area contributed by atoms with E-state index < -0.39 is 16.0 Å². The van der Waals surface area contributed by atoms with Crippen molar-refractivity contribution in [3.63, 3.8) is 0 Å². The van der Waals surface area contributed by atoms with E-state index in [4.69, 9.17) is 9.15 Å². The molecule has 0 saturated carbocycles.